The van der Waals surface area contributed by atoms with Gasteiger partial charge >= 0.3 is 0 Å². The molecule has 1 aromatic carbocycles. The number of rotatable bonds is 2. The van der Waals surface area contributed by atoms with Crippen LogP contribution >= 0.6 is 11.5 Å². The molecule has 6 nitrogen and oxygen atoms in total. The fourth-order valence-corrected chi connectivity index (χ4v) is 3.12. The quantitative estimate of drug-likeness (QED) is 0.849. The Labute approximate surface area is 127 Å². The fraction of sp³-hybridized carbons (Fsp3) is 0.357. The third kappa shape index (κ3) is 2.69. The van der Waals surface area contributed by atoms with Gasteiger partial charge < -0.3 is 15.5 Å². The number of nitrogens with two attached hydrogens (primary N) is 1. The summed E-state index contributed by atoms with van der Waals surface area (Å²) in [7, 11) is 0. The Kier molecular flexibility index (Phi) is 3.74. The van der Waals surface area contributed by atoms with Gasteiger partial charge in [0.1, 0.15) is 4.88 Å². The van der Waals surface area contributed by atoms with Gasteiger partial charge in [-0.3, -0.25) is 4.79 Å². The van der Waals surface area contributed by atoms with E-state index in [9.17, 15) is 4.79 Å². The van der Waals surface area contributed by atoms with Crippen molar-refractivity contribution < 1.29 is 4.79 Å². The number of amides is 1. The number of nitrogen functional groups attached to an aromatic ring is 1. The Bertz CT molecular complexity index is 648. The molecule has 0 aliphatic carbocycles. The van der Waals surface area contributed by atoms with E-state index in [4.69, 9.17) is 5.73 Å². The second kappa shape index (κ2) is 5.69. The summed E-state index contributed by atoms with van der Waals surface area (Å²) in [6.45, 7) is 4.75. The molecule has 0 unspecified atom stereocenters. The number of carbonyl (C=O) groups is 1. The molecule has 2 N–H and O–H groups in total. The maximum Gasteiger partial charge on any atom is 0.267 e. The van der Waals surface area contributed by atoms with Gasteiger partial charge in [0, 0.05) is 26.2 Å². The predicted molar refractivity (Wildman–Crippen MR) is 83.6 cm³/mol. The number of hydrogen-bond donors (Lipinski definition) is 1. The normalized spacial score (nSPS) is 15.3. The van der Waals surface area contributed by atoms with Crippen molar-refractivity contribution in [1.82, 2.24) is 14.5 Å². The van der Waals surface area contributed by atoms with E-state index in [1.807, 2.05) is 36.1 Å². The Morgan fingerprint density at radius 1 is 1.24 bits per heavy atom. The first-order chi connectivity index (χ1) is 10.2. The maximum atomic E-state index is 12.4. The van der Waals surface area contributed by atoms with Gasteiger partial charge in [-0.15, -0.1) is 5.10 Å². The van der Waals surface area contributed by atoms with Crippen molar-refractivity contribution in [3.8, 4) is 0 Å². The van der Waals surface area contributed by atoms with Gasteiger partial charge in [0.2, 0.25) is 0 Å². The molecule has 21 heavy (non-hydrogen) atoms. The molecular formula is C14H17N5OS. The number of aromatic nitrogens is 2. The fourth-order valence-electron chi connectivity index (χ4n) is 2.50. The van der Waals surface area contributed by atoms with Gasteiger partial charge in [-0.25, -0.2) is 0 Å². The minimum atomic E-state index is 0.0307. The summed E-state index contributed by atoms with van der Waals surface area (Å²) in [4.78, 5) is 17.1. The Morgan fingerprint density at radius 3 is 2.57 bits per heavy atom. The smallest absolute Gasteiger partial charge is 0.267 e. The number of hydrogen-bond acceptors (Lipinski definition) is 6. The number of aryl methyl sites for hydroxylation is 1. The van der Waals surface area contributed by atoms with Crippen molar-refractivity contribution in [3.05, 3.63) is 34.8 Å². The molecule has 0 spiro atoms. The van der Waals surface area contributed by atoms with Gasteiger partial charge in [-0.1, -0.05) is 16.6 Å². The first-order valence-electron chi connectivity index (χ1n) is 6.84. The van der Waals surface area contributed by atoms with Crippen LogP contribution in [0.1, 0.15) is 15.4 Å². The number of piperazine rings is 1. The maximum absolute atomic E-state index is 12.4. The van der Waals surface area contributed by atoms with Gasteiger partial charge in [0.05, 0.1) is 17.1 Å². The van der Waals surface area contributed by atoms with Crippen LogP contribution in [0.5, 0.6) is 0 Å². The lowest BCUT2D eigenvalue weighted by atomic mass is 10.2. The van der Waals surface area contributed by atoms with Crippen LogP contribution in [0.3, 0.4) is 0 Å². The van der Waals surface area contributed by atoms with Gasteiger partial charge in [-0.05, 0) is 30.6 Å². The van der Waals surface area contributed by atoms with E-state index in [0.717, 1.165) is 24.5 Å². The Balaban J connectivity index is 1.67. The summed E-state index contributed by atoms with van der Waals surface area (Å²) >= 11 is 1.17. The molecule has 1 amide bonds. The highest BCUT2D eigenvalue weighted by atomic mass is 32.1. The second-order valence-electron chi connectivity index (χ2n) is 5.03. The van der Waals surface area contributed by atoms with Crippen molar-refractivity contribution in [2.75, 3.05) is 36.8 Å². The van der Waals surface area contributed by atoms with E-state index in [2.05, 4.69) is 14.5 Å². The zero-order valence-corrected chi connectivity index (χ0v) is 12.6. The van der Waals surface area contributed by atoms with Crippen LogP contribution < -0.4 is 10.6 Å². The van der Waals surface area contributed by atoms with E-state index < -0.39 is 0 Å². The average Bonchev–Trinajstić information content (AvgIpc) is 2.93. The largest absolute Gasteiger partial charge is 0.397 e. The zero-order chi connectivity index (χ0) is 14.8. The van der Waals surface area contributed by atoms with Crippen LogP contribution in [-0.4, -0.2) is 46.6 Å². The first-order valence-corrected chi connectivity index (χ1v) is 7.62. The van der Waals surface area contributed by atoms with E-state index in [1.54, 1.807) is 0 Å². The van der Waals surface area contributed by atoms with E-state index in [0.29, 0.717) is 23.7 Å². The molecule has 3 rings (SSSR count). The summed E-state index contributed by atoms with van der Waals surface area (Å²) in [5.74, 6) is 0.0307. The summed E-state index contributed by atoms with van der Waals surface area (Å²) < 4.78 is 3.83. The van der Waals surface area contributed by atoms with Crippen LogP contribution in [-0.2, 0) is 0 Å². The van der Waals surface area contributed by atoms with Crippen LogP contribution in [0, 0.1) is 6.92 Å². The highest BCUT2D eigenvalue weighted by molar-refractivity contribution is 7.07. The molecule has 1 aromatic heterocycles. The predicted octanol–water partition coefficient (Wildman–Crippen LogP) is 1.39. The molecule has 110 valence electrons. The van der Waals surface area contributed by atoms with Crippen molar-refractivity contribution in [2.45, 2.75) is 6.92 Å². The van der Waals surface area contributed by atoms with E-state index >= 15 is 0 Å². The van der Waals surface area contributed by atoms with Gasteiger partial charge in [-0.2, -0.15) is 0 Å². The van der Waals surface area contributed by atoms with Crippen LogP contribution in [0.25, 0.3) is 0 Å². The van der Waals surface area contributed by atoms with Crippen LogP contribution in [0.4, 0.5) is 11.4 Å². The highest BCUT2D eigenvalue weighted by Crippen LogP contribution is 2.24. The lowest BCUT2D eigenvalue weighted by Gasteiger charge is -2.36. The van der Waals surface area contributed by atoms with Crippen molar-refractivity contribution >= 4 is 28.8 Å². The molecule has 1 fully saturated rings. The molecule has 1 aliphatic rings. The summed E-state index contributed by atoms with van der Waals surface area (Å²) in [6, 6.07) is 7.83. The number of carbonyl (C=O) groups excluding carboxylic acids is 1. The molecule has 0 radical (unpaired) electrons. The van der Waals surface area contributed by atoms with Crippen LogP contribution in [0.2, 0.25) is 0 Å². The standard InChI is InChI=1S/C14H17N5OS/c1-10-13(21-17-16-10)14(20)19-8-6-18(7-9-19)12-5-3-2-4-11(12)15/h2-5H,6-9,15H2,1H3. The van der Waals surface area contributed by atoms with Crippen molar-refractivity contribution in [1.29, 1.82) is 0 Å². The number of para-hydroxylation sites is 2. The highest BCUT2D eigenvalue weighted by Gasteiger charge is 2.25. The Morgan fingerprint density at radius 2 is 1.95 bits per heavy atom. The SMILES string of the molecule is Cc1nnsc1C(=O)N1CCN(c2ccccc2N)CC1. The molecule has 7 heteroatoms. The van der Waals surface area contributed by atoms with E-state index in [-0.39, 0.29) is 5.91 Å². The minimum Gasteiger partial charge on any atom is -0.397 e. The summed E-state index contributed by atoms with van der Waals surface area (Å²) in [5, 5.41) is 3.90. The lowest BCUT2D eigenvalue weighted by Crippen LogP contribution is -2.48. The third-order valence-electron chi connectivity index (χ3n) is 3.69. The second-order valence-corrected chi connectivity index (χ2v) is 5.78. The number of benzene rings is 1. The van der Waals surface area contributed by atoms with Crippen LogP contribution in [0.15, 0.2) is 24.3 Å². The molecule has 0 saturated carbocycles. The molecule has 0 bridgehead atoms. The Hall–Kier alpha value is -2.15. The topological polar surface area (TPSA) is 75.4 Å². The first kappa shape index (κ1) is 13.8. The van der Waals surface area contributed by atoms with E-state index in [1.165, 1.54) is 11.5 Å². The van der Waals surface area contributed by atoms with Gasteiger partial charge in [0.15, 0.2) is 0 Å². The summed E-state index contributed by atoms with van der Waals surface area (Å²) in [5.41, 5.74) is 8.53. The number of nitrogens with zero attached hydrogens (tertiary/aromatic N) is 4. The number of anilines is 2. The zero-order valence-electron chi connectivity index (χ0n) is 11.8. The molecule has 1 saturated heterocycles. The molecule has 0 atom stereocenters. The molecule has 2 heterocycles. The van der Waals surface area contributed by atoms with Crippen molar-refractivity contribution in [3.63, 3.8) is 0 Å². The summed E-state index contributed by atoms with van der Waals surface area (Å²) in [6.07, 6.45) is 0. The van der Waals surface area contributed by atoms with Gasteiger partial charge in [0.25, 0.3) is 5.91 Å². The molecule has 2 aromatic rings. The monoisotopic (exact) mass is 303 g/mol. The minimum absolute atomic E-state index is 0.0307. The average molecular weight is 303 g/mol. The van der Waals surface area contributed by atoms with Crippen molar-refractivity contribution in [2.24, 2.45) is 0 Å². The third-order valence-corrected chi connectivity index (χ3v) is 4.51. The molecular weight excluding hydrogens is 286 g/mol. The molecule has 1 aliphatic heterocycles. The lowest BCUT2D eigenvalue weighted by molar-refractivity contribution is 0.0751.